The standard InChI is InChI=1S/C16H26N2O3/c1-4-5-6-9-18-16(19)12-17-11-13-7-8-14(20-2)15(10-13)21-3/h7-8,10,17H,4-6,9,11-12H2,1-3H3,(H,18,19). The molecule has 0 atom stereocenters. The quantitative estimate of drug-likeness (QED) is 0.649. The number of methoxy groups -OCH3 is 2. The van der Waals surface area contributed by atoms with Crippen LogP contribution in [0.3, 0.4) is 0 Å². The Balaban J connectivity index is 2.30. The zero-order chi connectivity index (χ0) is 15.5. The highest BCUT2D eigenvalue weighted by Crippen LogP contribution is 2.27. The van der Waals surface area contributed by atoms with E-state index in [0.717, 1.165) is 31.4 Å². The molecule has 21 heavy (non-hydrogen) atoms. The molecule has 1 aromatic carbocycles. The maximum Gasteiger partial charge on any atom is 0.233 e. The van der Waals surface area contributed by atoms with Gasteiger partial charge in [0.1, 0.15) is 0 Å². The summed E-state index contributed by atoms with van der Waals surface area (Å²) < 4.78 is 10.4. The minimum absolute atomic E-state index is 0.0339. The third-order valence-electron chi connectivity index (χ3n) is 3.17. The molecule has 0 heterocycles. The van der Waals surface area contributed by atoms with Crippen molar-refractivity contribution in [3.63, 3.8) is 0 Å². The lowest BCUT2D eigenvalue weighted by Crippen LogP contribution is -2.34. The van der Waals surface area contributed by atoms with Gasteiger partial charge in [0.25, 0.3) is 0 Å². The van der Waals surface area contributed by atoms with Gasteiger partial charge in [-0.2, -0.15) is 0 Å². The number of ether oxygens (including phenoxy) is 2. The summed E-state index contributed by atoms with van der Waals surface area (Å²) in [6, 6.07) is 5.72. The van der Waals surface area contributed by atoms with Crippen LogP contribution < -0.4 is 20.1 Å². The number of unbranched alkanes of at least 4 members (excludes halogenated alkanes) is 2. The molecular formula is C16H26N2O3. The predicted octanol–water partition coefficient (Wildman–Crippen LogP) is 2.10. The summed E-state index contributed by atoms with van der Waals surface area (Å²) in [5.41, 5.74) is 1.05. The topological polar surface area (TPSA) is 59.6 Å². The fourth-order valence-electron chi connectivity index (χ4n) is 1.98. The summed E-state index contributed by atoms with van der Waals surface area (Å²) in [5.74, 6) is 1.43. The second-order valence-corrected chi connectivity index (χ2v) is 4.85. The van der Waals surface area contributed by atoms with Crippen LogP contribution >= 0.6 is 0 Å². The maximum absolute atomic E-state index is 11.6. The van der Waals surface area contributed by atoms with Crippen LogP contribution in [-0.2, 0) is 11.3 Å². The van der Waals surface area contributed by atoms with Crippen molar-refractivity contribution in [2.75, 3.05) is 27.3 Å². The molecule has 2 N–H and O–H groups in total. The fourth-order valence-corrected chi connectivity index (χ4v) is 1.98. The molecule has 0 spiro atoms. The first kappa shape index (κ1) is 17.3. The van der Waals surface area contributed by atoms with Crippen LogP contribution in [0.5, 0.6) is 11.5 Å². The molecule has 118 valence electrons. The summed E-state index contributed by atoms with van der Waals surface area (Å²) in [7, 11) is 3.22. The number of hydrogen-bond donors (Lipinski definition) is 2. The Morgan fingerprint density at radius 1 is 1.14 bits per heavy atom. The van der Waals surface area contributed by atoms with Gasteiger partial charge >= 0.3 is 0 Å². The van der Waals surface area contributed by atoms with E-state index in [-0.39, 0.29) is 5.91 Å². The van der Waals surface area contributed by atoms with E-state index in [0.29, 0.717) is 24.6 Å². The molecular weight excluding hydrogens is 268 g/mol. The Hall–Kier alpha value is -1.75. The van der Waals surface area contributed by atoms with E-state index in [2.05, 4.69) is 17.6 Å². The molecule has 0 saturated carbocycles. The minimum atomic E-state index is 0.0339. The molecule has 0 saturated heterocycles. The first-order valence-corrected chi connectivity index (χ1v) is 7.39. The smallest absolute Gasteiger partial charge is 0.233 e. The Labute approximate surface area is 127 Å². The van der Waals surface area contributed by atoms with E-state index < -0.39 is 0 Å². The molecule has 1 amide bonds. The van der Waals surface area contributed by atoms with Crippen molar-refractivity contribution in [1.29, 1.82) is 0 Å². The van der Waals surface area contributed by atoms with Gasteiger partial charge in [-0.1, -0.05) is 25.8 Å². The van der Waals surface area contributed by atoms with Gasteiger partial charge in [0.15, 0.2) is 11.5 Å². The molecule has 0 bridgehead atoms. The number of rotatable bonds is 10. The lowest BCUT2D eigenvalue weighted by Gasteiger charge is -2.10. The molecule has 0 aliphatic rings. The van der Waals surface area contributed by atoms with Crippen LogP contribution in [0, 0.1) is 0 Å². The lowest BCUT2D eigenvalue weighted by molar-refractivity contribution is -0.120. The Bertz CT molecular complexity index is 436. The largest absolute Gasteiger partial charge is 0.493 e. The van der Waals surface area contributed by atoms with E-state index in [4.69, 9.17) is 9.47 Å². The van der Waals surface area contributed by atoms with Gasteiger partial charge in [-0.15, -0.1) is 0 Å². The fraction of sp³-hybridized carbons (Fsp3) is 0.562. The molecule has 0 fully saturated rings. The van der Waals surface area contributed by atoms with Crippen LogP contribution in [0.25, 0.3) is 0 Å². The first-order valence-electron chi connectivity index (χ1n) is 7.39. The van der Waals surface area contributed by atoms with Crippen molar-refractivity contribution in [2.45, 2.75) is 32.7 Å². The molecule has 5 nitrogen and oxygen atoms in total. The van der Waals surface area contributed by atoms with Crippen molar-refractivity contribution in [2.24, 2.45) is 0 Å². The van der Waals surface area contributed by atoms with Gasteiger partial charge in [-0.05, 0) is 24.1 Å². The van der Waals surface area contributed by atoms with Gasteiger partial charge in [0.05, 0.1) is 20.8 Å². The normalized spacial score (nSPS) is 10.2. The molecule has 1 aromatic rings. The van der Waals surface area contributed by atoms with Gasteiger partial charge in [0.2, 0.25) is 5.91 Å². The summed E-state index contributed by atoms with van der Waals surface area (Å²) in [6.07, 6.45) is 3.35. The second-order valence-electron chi connectivity index (χ2n) is 4.85. The number of benzene rings is 1. The van der Waals surface area contributed by atoms with Crippen molar-refractivity contribution in [1.82, 2.24) is 10.6 Å². The van der Waals surface area contributed by atoms with Crippen LogP contribution in [0.15, 0.2) is 18.2 Å². The van der Waals surface area contributed by atoms with E-state index in [9.17, 15) is 4.79 Å². The van der Waals surface area contributed by atoms with Gasteiger partial charge in [-0.25, -0.2) is 0 Å². The average Bonchev–Trinajstić information content (AvgIpc) is 2.51. The van der Waals surface area contributed by atoms with Crippen molar-refractivity contribution < 1.29 is 14.3 Å². The molecule has 0 radical (unpaired) electrons. The number of carbonyl (C=O) groups excluding carboxylic acids is 1. The third-order valence-corrected chi connectivity index (χ3v) is 3.17. The van der Waals surface area contributed by atoms with Gasteiger partial charge in [-0.3, -0.25) is 4.79 Å². The van der Waals surface area contributed by atoms with Crippen LogP contribution in [0.4, 0.5) is 0 Å². The van der Waals surface area contributed by atoms with Crippen molar-refractivity contribution in [3.05, 3.63) is 23.8 Å². The maximum atomic E-state index is 11.6. The third kappa shape index (κ3) is 6.49. The van der Waals surface area contributed by atoms with E-state index >= 15 is 0 Å². The van der Waals surface area contributed by atoms with E-state index in [1.807, 2.05) is 18.2 Å². The highest BCUT2D eigenvalue weighted by Gasteiger charge is 2.05. The predicted molar refractivity (Wildman–Crippen MR) is 83.8 cm³/mol. The van der Waals surface area contributed by atoms with Crippen molar-refractivity contribution >= 4 is 5.91 Å². The highest BCUT2D eigenvalue weighted by atomic mass is 16.5. The number of carbonyl (C=O) groups is 1. The van der Waals surface area contributed by atoms with Crippen LogP contribution in [0.1, 0.15) is 31.7 Å². The summed E-state index contributed by atoms with van der Waals surface area (Å²) in [6.45, 7) is 3.83. The zero-order valence-corrected chi connectivity index (χ0v) is 13.2. The molecule has 5 heteroatoms. The monoisotopic (exact) mass is 294 g/mol. The summed E-state index contributed by atoms with van der Waals surface area (Å²) in [4.78, 5) is 11.6. The van der Waals surface area contributed by atoms with Crippen molar-refractivity contribution in [3.8, 4) is 11.5 Å². The molecule has 0 aliphatic heterocycles. The Kier molecular flexibility index (Phi) is 8.28. The second kappa shape index (κ2) is 10.0. The average molecular weight is 294 g/mol. The summed E-state index contributed by atoms with van der Waals surface area (Å²) >= 11 is 0. The van der Waals surface area contributed by atoms with Crippen LogP contribution in [0.2, 0.25) is 0 Å². The molecule has 0 aromatic heterocycles. The minimum Gasteiger partial charge on any atom is -0.493 e. The van der Waals surface area contributed by atoms with Gasteiger partial charge in [0, 0.05) is 13.1 Å². The number of hydrogen-bond acceptors (Lipinski definition) is 4. The highest BCUT2D eigenvalue weighted by molar-refractivity contribution is 5.77. The Morgan fingerprint density at radius 2 is 1.90 bits per heavy atom. The van der Waals surface area contributed by atoms with Crippen LogP contribution in [-0.4, -0.2) is 33.2 Å². The molecule has 0 aliphatic carbocycles. The molecule has 1 rings (SSSR count). The SMILES string of the molecule is CCCCCNC(=O)CNCc1ccc(OC)c(OC)c1. The lowest BCUT2D eigenvalue weighted by atomic mass is 10.2. The Morgan fingerprint density at radius 3 is 2.57 bits per heavy atom. The van der Waals surface area contributed by atoms with E-state index in [1.165, 1.54) is 0 Å². The zero-order valence-electron chi connectivity index (χ0n) is 13.2. The number of nitrogens with one attached hydrogen (secondary N) is 2. The first-order chi connectivity index (χ1) is 10.2. The van der Waals surface area contributed by atoms with E-state index in [1.54, 1.807) is 14.2 Å². The molecule has 0 unspecified atom stereocenters. The van der Waals surface area contributed by atoms with Gasteiger partial charge < -0.3 is 20.1 Å². The number of amides is 1. The summed E-state index contributed by atoms with van der Waals surface area (Å²) in [5, 5.41) is 6.02.